The molecular weight excluding hydrogens is 504 g/mol. The van der Waals surface area contributed by atoms with E-state index in [1.54, 1.807) is 42.8 Å². The first-order chi connectivity index (χ1) is 17.1. The maximum Gasteiger partial charge on any atom is 0.343 e. The van der Waals surface area contributed by atoms with Crippen molar-refractivity contribution < 1.29 is 22.7 Å². The van der Waals surface area contributed by atoms with E-state index in [4.69, 9.17) is 4.74 Å². The molecule has 0 bridgehead atoms. The number of sulfone groups is 1. The molecule has 1 aromatic carbocycles. The number of thioether (sulfide) groups is 1. The number of benzene rings is 1. The van der Waals surface area contributed by atoms with E-state index in [1.165, 1.54) is 22.6 Å². The number of carbonyl (C=O) groups is 2. The number of carbonyl (C=O) groups excluding carboxylic acids is 2. The summed E-state index contributed by atoms with van der Waals surface area (Å²) in [5, 5.41) is 15.0. The first-order valence-corrected chi connectivity index (χ1v) is 14.0. The molecule has 3 rings (SSSR count). The minimum atomic E-state index is -3.62. The van der Waals surface area contributed by atoms with Gasteiger partial charge in [-0.15, -0.1) is 10.2 Å². The molecule has 1 unspecified atom stereocenters. The van der Waals surface area contributed by atoms with Crippen molar-refractivity contribution in [2.75, 3.05) is 11.9 Å². The molecule has 36 heavy (non-hydrogen) atoms. The first kappa shape index (κ1) is 27.4. The molecule has 0 radical (unpaired) electrons. The van der Waals surface area contributed by atoms with Crippen LogP contribution >= 0.6 is 11.8 Å². The molecule has 0 saturated heterocycles. The lowest BCUT2D eigenvalue weighted by atomic mass is 10.2. The Labute approximate surface area is 214 Å². The van der Waals surface area contributed by atoms with Gasteiger partial charge >= 0.3 is 5.97 Å². The second-order valence-corrected chi connectivity index (χ2v) is 11.1. The average molecular weight is 535 g/mol. The molecule has 0 fully saturated rings. The Morgan fingerprint density at radius 1 is 1.14 bits per heavy atom. The molecule has 2 heterocycles. The molecule has 2 aromatic heterocycles. The highest BCUT2D eigenvalue weighted by molar-refractivity contribution is 8.00. The third-order valence-corrected chi connectivity index (χ3v) is 8.37. The minimum Gasteiger partial charge on any atom is -0.462 e. The summed E-state index contributed by atoms with van der Waals surface area (Å²) in [4.78, 5) is 25.5. The van der Waals surface area contributed by atoms with Gasteiger partial charge in [0.15, 0.2) is 15.0 Å². The first-order valence-electron chi connectivity index (χ1n) is 11.5. The number of ether oxygens (including phenoxy) is 1. The highest BCUT2D eigenvalue weighted by atomic mass is 32.2. The van der Waals surface area contributed by atoms with Gasteiger partial charge in [0.2, 0.25) is 5.91 Å². The van der Waals surface area contributed by atoms with Gasteiger partial charge < -0.3 is 14.6 Å². The lowest BCUT2D eigenvalue weighted by Gasteiger charge is -2.16. The fourth-order valence-electron chi connectivity index (χ4n) is 3.42. The average Bonchev–Trinajstić information content (AvgIpc) is 3.39. The van der Waals surface area contributed by atoms with Crippen LogP contribution in [0.15, 0.2) is 40.5 Å². The highest BCUT2D eigenvalue weighted by Crippen LogP contribution is 2.28. The van der Waals surface area contributed by atoms with Gasteiger partial charge in [-0.1, -0.05) is 36.4 Å². The predicted octanol–water partition coefficient (Wildman–Crippen LogP) is 3.00. The van der Waals surface area contributed by atoms with Crippen molar-refractivity contribution in [3.8, 4) is 0 Å². The summed E-state index contributed by atoms with van der Waals surface area (Å²) in [5.74, 6) is -0.701. The maximum absolute atomic E-state index is 13.1. The van der Waals surface area contributed by atoms with Gasteiger partial charge in [0.1, 0.15) is 23.0 Å². The number of hydrogen-bond donors (Lipinski definition) is 1. The molecule has 13 heteroatoms. The van der Waals surface area contributed by atoms with Gasteiger partial charge in [-0.25, -0.2) is 13.2 Å². The number of nitrogens with zero attached hydrogens (tertiary/aromatic N) is 5. The van der Waals surface area contributed by atoms with Gasteiger partial charge in [0, 0.05) is 13.6 Å². The number of rotatable bonds is 11. The summed E-state index contributed by atoms with van der Waals surface area (Å²) < 4.78 is 34.0. The number of aromatic nitrogens is 5. The van der Waals surface area contributed by atoms with Gasteiger partial charge in [0.25, 0.3) is 0 Å². The molecule has 1 atom stereocenters. The number of hydrogen-bond acceptors (Lipinski definition) is 9. The third kappa shape index (κ3) is 6.13. The Kier molecular flexibility index (Phi) is 8.90. The summed E-state index contributed by atoms with van der Waals surface area (Å²) in [6, 6.07) is 6.65. The number of esters is 1. The van der Waals surface area contributed by atoms with Crippen molar-refractivity contribution in [3.63, 3.8) is 0 Å². The third-order valence-electron chi connectivity index (χ3n) is 5.40. The predicted molar refractivity (Wildman–Crippen MR) is 135 cm³/mol. The van der Waals surface area contributed by atoms with Crippen LogP contribution in [0.2, 0.25) is 0 Å². The van der Waals surface area contributed by atoms with Crippen LogP contribution in [0.1, 0.15) is 48.9 Å². The van der Waals surface area contributed by atoms with Gasteiger partial charge in [-0.2, -0.15) is 5.10 Å². The second-order valence-electron chi connectivity index (χ2n) is 7.97. The molecule has 194 valence electrons. The molecule has 3 aromatic rings. The van der Waals surface area contributed by atoms with Crippen LogP contribution in [0.3, 0.4) is 0 Å². The monoisotopic (exact) mass is 534 g/mol. The standard InChI is InChI=1S/C23H30N6O5S2/c1-6-18(21(30)25-20-17(13-24-28(20)5)22(31)34-8-3)35-23-27-26-19(29(23)7-2)14-36(32,33)16-11-9-15(4)10-12-16/h9-13,18H,6-8,14H2,1-5H3,(H,25,30). The molecule has 0 aliphatic heterocycles. The quantitative estimate of drug-likeness (QED) is 0.290. The summed E-state index contributed by atoms with van der Waals surface area (Å²) in [6.45, 7) is 7.92. The van der Waals surface area contributed by atoms with Crippen LogP contribution < -0.4 is 5.32 Å². The number of anilines is 1. The Hall–Kier alpha value is -3.19. The summed E-state index contributed by atoms with van der Waals surface area (Å²) >= 11 is 1.18. The van der Waals surface area contributed by atoms with Gasteiger partial charge in [-0.05, 0) is 39.3 Å². The van der Waals surface area contributed by atoms with Crippen LogP contribution in [0.5, 0.6) is 0 Å². The Morgan fingerprint density at radius 3 is 2.44 bits per heavy atom. The lowest BCUT2D eigenvalue weighted by molar-refractivity contribution is -0.115. The zero-order chi connectivity index (χ0) is 26.5. The SMILES string of the molecule is CCOC(=O)c1cnn(C)c1NC(=O)C(CC)Sc1nnc(CS(=O)(=O)c2ccc(C)cc2)n1CC. The summed E-state index contributed by atoms with van der Waals surface area (Å²) in [5.41, 5.74) is 1.13. The number of amides is 1. The van der Waals surface area contributed by atoms with Crippen molar-refractivity contribution in [1.29, 1.82) is 0 Å². The van der Waals surface area contributed by atoms with E-state index in [0.29, 0.717) is 23.9 Å². The normalized spacial score (nSPS) is 12.4. The van der Waals surface area contributed by atoms with E-state index < -0.39 is 21.1 Å². The van der Waals surface area contributed by atoms with Crippen molar-refractivity contribution in [2.45, 2.75) is 61.7 Å². The van der Waals surface area contributed by atoms with Crippen LogP contribution in [-0.2, 0) is 38.7 Å². The van der Waals surface area contributed by atoms with Crippen LogP contribution in [0, 0.1) is 6.92 Å². The fourth-order valence-corrected chi connectivity index (χ4v) is 5.73. The zero-order valence-electron chi connectivity index (χ0n) is 20.9. The molecule has 11 nitrogen and oxygen atoms in total. The molecule has 1 amide bonds. The highest BCUT2D eigenvalue weighted by Gasteiger charge is 2.27. The smallest absolute Gasteiger partial charge is 0.343 e. The van der Waals surface area contributed by atoms with Crippen molar-refractivity contribution in [3.05, 3.63) is 47.4 Å². The summed E-state index contributed by atoms with van der Waals surface area (Å²) in [7, 11) is -2.01. The molecule has 0 aliphatic rings. The van der Waals surface area contributed by atoms with E-state index in [1.807, 2.05) is 20.8 Å². The van der Waals surface area contributed by atoms with Crippen molar-refractivity contribution >= 4 is 39.3 Å². The minimum absolute atomic E-state index is 0.160. The van der Waals surface area contributed by atoms with E-state index in [2.05, 4.69) is 20.6 Å². The largest absolute Gasteiger partial charge is 0.462 e. The summed E-state index contributed by atoms with van der Waals surface area (Å²) in [6.07, 6.45) is 1.80. The van der Waals surface area contributed by atoms with Gasteiger partial charge in [-0.3, -0.25) is 9.48 Å². The molecule has 0 aliphatic carbocycles. The lowest BCUT2D eigenvalue weighted by Crippen LogP contribution is -2.27. The van der Waals surface area contributed by atoms with E-state index in [9.17, 15) is 18.0 Å². The fraction of sp³-hybridized carbons (Fsp3) is 0.435. The molecule has 1 N–H and O–H groups in total. The molecule has 0 saturated carbocycles. The number of aryl methyl sites for hydroxylation is 2. The maximum atomic E-state index is 13.1. The topological polar surface area (TPSA) is 138 Å². The van der Waals surface area contributed by atoms with Crippen molar-refractivity contribution in [2.24, 2.45) is 7.05 Å². The van der Waals surface area contributed by atoms with Crippen LogP contribution in [-0.4, -0.2) is 56.7 Å². The zero-order valence-corrected chi connectivity index (χ0v) is 22.5. The Balaban J connectivity index is 1.79. The molecule has 0 spiro atoms. The van der Waals surface area contributed by atoms with E-state index >= 15 is 0 Å². The van der Waals surface area contributed by atoms with E-state index in [0.717, 1.165) is 5.56 Å². The van der Waals surface area contributed by atoms with Crippen LogP contribution in [0.4, 0.5) is 5.82 Å². The Bertz CT molecular complexity index is 1330. The van der Waals surface area contributed by atoms with Crippen molar-refractivity contribution in [1.82, 2.24) is 24.5 Å². The second kappa shape index (κ2) is 11.7. The molecular formula is C23H30N6O5S2. The van der Waals surface area contributed by atoms with Crippen LogP contribution in [0.25, 0.3) is 0 Å². The van der Waals surface area contributed by atoms with Gasteiger partial charge in [0.05, 0.1) is 22.9 Å². The Morgan fingerprint density at radius 2 is 1.83 bits per heavy atom. The van der Waals surface area contributed by atoms with E-state index in [-0.39, 0.29) is 34.5 Å². The number of nitrogens with one attached hydrogen (secondary N) is 1.